The summed E-state index contributed by atoms with van der Waals surface area (Å²) in [7, 11) is 0. The van der Waals surface area contributed by atoms with Crippen LogP contribution in [0.3, 0.4) is 0 Å². The highest BCUT2D eigenvalue weighted by Gasteiger charge is 2.45. The van der Waals surface area contributed by atoms with Gasteiger partial charge in [-0.1, -0.05) is 24.5 Å². The Kier molecular flexibility index (Phi) is 4.78. The predicted molar refractivity (Wildman–Crippen MR) is 74.1 cm³/mol. The van der Waals surface area contributed by atoms with Crippen molar-refractivity contribution in [1.82, 2.24) is 10.3 Å². The van der Waals surface area contributed by atoms with Gasteiger partial charge in [0.05, 0.1) is 19.3 Å². The van der Waals surface area contributed by atoms with E-state index < -0.39 is 0 Å². The molecule has 0 aromatic carbocycles. The van der Waals surface area contributed by atoms with Gasteiger partial charge in [-0.05, 0) is 26.7 Å². The lowest BCUT2D eigenvalue weighted by atomic mass is 9.85. The van der Waals surface area contributed by atoms with E-state index in [1.54, 1.807) is 0 Å². The zero-order valence-electron chi connectivity index (χ0n) is 11.7. The van der Waals surface area contributed by atoms with Crippen molar-refractivity contribution in [2.24, 2.45) is 5.84 Å². The first-order valence-corrected chi connectivity index (χ1v) is 7.13. The number of hydrogen-bond acceptors (Lipinski definition) is 4. The monoisotopic (exact) mass is 253 g/mol. The molecule has 1 aliphatic heterocycles. The zero-order valence-corrected chi connectivity index (χ0v) is 11.7. The third-order valence-corrected chi connectivity index (χ3v) is 4.37. The van der Waals surface area contributed by atoms with Crippen LogP contribution in [0.4, 0.5) is 0 Å². The number of rotatable bonds is 4. The smallest absolute Gasteiger partial charge is 0.0594 e. The van der Waals surface area contributed by atoms with Crippen LogP contribution in [-0.4, -0.2) is 42.8 Å². The van der Waals surface area contributed by atoms with Crippen LogP contribution in [0.15, 0.2) is 11.6 Å². The molecule has 1 atom stereocenters. The van der Waals surface area contributed by atoms with Crippen molar-refractivity contribution in [3.8, 4) is 0 Å². The first-order valence-electron chi connectivity index (χ1n) is 7.13. The van der Waals surface area contributed by atoms with E-state index in [2.05, 4.69) is 30.2 Å². The highest BCUT2D eigenvalue weighted by molar-refractivity contribution is 5.14. The van der Waals surface area contributed by atoms with Gasteiger partial charge in [0, 0.05) is 18.6 Å². The number of nitrogens with one attached hydrogen (secondary N) is 1. The molecule has 0 amide bonds. The standard InChI is InChI=1S/C14H27N3O/c1-12(2)11-13(16-15)14(5-3-4-6-14)17-7-9-18-10-8-17/h11,13,16H,3-10,15H2,1-2H3. The minimum absolute atomic E-state index is 0.204. The third kappa shape index (κ3) is 2.77. The van der Waals surface area contributed by atoms with Crippen molar-refractivity contribution in [2.45, 2.75) is 51.1 Å². The molecule has 3 N–H and O–H groups in total. The summed E-state index contributed by atoms with van der Waals surface area (Å²) in [6.07, 6.45) is 7.40. The molecule has 4 heteroatoms. The van der Waals surface area contributed by atoms with Gasteiger partial charge in [-0.3, -0.25) is 16.2 Å². The third-order valence-electron chi connectivity index (χ3n) is 4.37. The fraction of sp³-hybridized carbons (Fsp3) is 0.857. The molecule has 2 rings (SSSR count). The Balaban J connectivity index is 2.21. The summed E-state index contributed by atoms with van der Waals surface area (Å²) >= 11 is 0. The van der Waals surface area contributed by atoms with Crippen molar-refractivity contribution in [3.63, 3.8) is 0 Å². The summed E-state index contributed by atoms with van der Waals surface area (Å²) in [4.78, 5) is 2.60. The second-order valence-corrected chi connectivity index (χ2v) is 5.80. The number of morpholine rings is 1. The molecular weight excluding hydrogens is 226 g/mol. The van der Waals surface area contributed by atoms with Crippen LogP contribution >= 0.6 is 0 Å². The van der Waals surface area contributed by atoms with E-state index >= 15 is 0 Å². The van der Waals surface area contributed by atoms with Crippen LogP contribution in [-0.2, 0) is 4.74 Å². The van der Waals surface area contributed by atoms with Gasteiger partial charge < -0.3 is 4.74 Å². The molecular formula is C14H27N3O. The fourth-order valence-corrected chi connectivity index (χ4v) is 3.51. The van der Waals surface area contributed by atoms with E-state index in [-0.39, 0.29) is 11.6 Å². The number of nitrogens with two attached hydrogens (primary N) is 1. The SMILES string of the molecule is CC(C)=CC(NN)C1(N2CCOCC2)CCCC1. The summed E-state index contributed by atoms with van der Waals surface area (Å²) in [5.41, 5.74) is 4.59. The summed E-state index contributed by atoms with van der Waals surface area (Å²) < 4.78 is 5.49. The molecule has 1 heterocycles. The fourth-order valence-electron chi connectivity index (χ4n) is 3.51. The van der Waals surface area contributed by atoms with Crippen molar-refractivity contribution < 1.29 is 4.74 Å². The molecule has 104 valence electrons. The minimum atomic E-state index is 0.204. The number of ether oxygens (including phenoxy) is 1. The topological polar surface area (TPSA) is 50.5 Å². The maximum absolute atomic E-state index is 5.84. The van der Waals surface area contributed by atoms with Gasteiger partial charge in [-0.15, -0.1) is 0 Å². The lowest BCUT2D eigenvalue weighted by molar-refractivity contribution is -0.0295. The Hall–Kier alpha value is -0.420. The van der Waals surface area contributed by atoms with Crippen molar-refractivity contribution >= 4 is 0 Å². The molecule has 2 aliphatic rings. The number of hydrazine groups is 1. The van der Waals surface area contributed by atoms with Gasteiger partial charge in [0.25, 0.3) is 0 Å². The van der Waals surface area contributed by atoms with Gasteiger partial charge in [-0.25, -0.2) is 0 Å². The summed E-state index contributed by atoms with van der Waals surface area (Å²) in [5.74, 6) is 5.84. The van der Waals surface area contributed by atoms with Crippen molar-refractivity contribution in [1.29, 1.82) is 0 Å². The summed E-state index contributed by atoms with van der Waals surface area (Å²) in [5, 5.41) is 0. The van der Waals surface area contributed by atoms with Crippen molar-refractivity contribution in [3.05, 3.63) is 11.6 Å². The second kappa shape index (κ2) is 6.15. The number of nitrogens with zero attached hydrogens (tertiary/aromatic N) is 1. The molecule has 0 radical (unpaired) electrons. The average Bonchev–Trinajstić information content (AvgIpc) is 2.87. The Morgan fingerprint density at radius 1 is 1.28 bits per heavy atom. The molecule has 18 heavy (non-hydrogen) atoms. The molecule has 0 spiro atoms. The van der Waals surface area contributed by atoms with Crippen LogP contribution in [0.1, 0.15) is 39.5 Å². The maximum atomic E-state index is 5.84. The van der Waals surface area contributed by atoms with Crippen LogP contribution in [0, 0.1) is 0 Å². The molecule has 0 aromatic rings. The molecule has 0 bridgehead atoms. The lowest BCUT2D eigenvalue weighted by Gasteiger charge is -2.47. The van der Waals surface area contributed by atoms with E-state index in [9.17, 15) is 0 Å². The lowest BCUT2D eigenvalue weighted by Crippen LogP contribution is -2.63. The second-order valence-electron chi connectivity index (χ2n) is 5.80. The van der Waals surface area contributed by atoms with Crippen LogP contribution in [0.2, 0.25) is 0 Å². The highest BCUT2D eigenvalue weighted by Crippen LogP contribution is 2.39. The average molecular weight is 253 g/mol. The normalized spacial score (nSPS) is 25.9. The first-order chi connectivity index (χ1) is 8.69. The van der Waals surface area contributed by atoms with Gasteiger partial charge in [-0.2, -0.15) is 0 Å². The molecule has 1 unspecified atom stereocenters. The highest BCUT2D eigenvalue weighted by atomic mass is 16.5. The summed E-state index contributed by atoms with van der Waals surface area (Å²) in [6, 6.07) is 0.253. The first kappa shape index (κ1) is 14.0. The molecule has 2 fully saturated rings. The van der Waals surface area contributed by atoms with Gasteiger partial charge in [0.1, 0.15) is 0 Å². The van der Waals surface area contributed by atoms with E-state index in [0.717, 1.165) is 26.3 Å². The van der Waals surface area contributed by atoms with E-state index in [4.69, 9.17) is 10.6 Å². The van der Waals surface area contributed by atoms with Gasteiger partial charge in [0.15, 0.2) is 0 Å². The Morgan fingerprint density at radius 2 is 1.89 bits per heavy atom. The molecule has 1 saturated carbocycles. The van der Waals surface area contributed by atoms with Crippen LogP contribution in [0.5, 0.6) is 0 Å². The van der Waals surface area contributed by atoms with Gasteiger partial charge in [0.2, 0.25) is 0 Å². The Morgan fingerprint density at radius 3 is 2.39 bits per heavy atom. The predicted octanol–water partition coefficient (Wildman–Crippen LogP) is 1.43. The van der Waals surface area contributed by atoms with E-state index in [0.29, 0.717) is 0 Å². The molecule has 1 saturated heterocycles. The largest absolute Gasteiger partial charge is 0.379 e. The molecule has 1 aliphatic carbocycles. The molecule has 0 aromatic heterocycles. The van der Waals surface area contributed by atoms with Gasteiger partial charge >= 0.3 is 0 Å². The van der Waals surface area contributed by atoms with E-state index in [1.807, 2.05) is 0 Å². The summed E-state index contributed by atoms with van der Waals surface area (Å²) in [6.45, 7) is 8.07. The van der Waals surface area contributed by atoms with E-state index in [1.165, 1.54) is 31.3 Å². The Labute approximate surface area is 111 Å². The Bertz CT molecular complexity index is 287. The molecule has 4 nitrogen and oxygen atoms in total. The minimum Gasteiger partial charge on any atom is -0.379 e. The van der Waals surface area contributed by atoms with Crippen molar-refractivity contribution in [2.75, 3.05) is 26.3 Å². The maximum Gasteiger partial charge on any atom is 0.0594 e. The number of hydrogen-bond donors (Lipinski definition) is 2. The quantitative estimate of drug-likeness (QED) is 0.452. The van der Waals surface area contributed by atoms with Crippen LogP contribution < -0.4 is 11.3 Å². The van der Waals surface area contributed by atoms with Crippen LogP contribution in [0.25, 0.3) is 0 Å². The number of allylic oxidation sites excluding steroid dienone is 1. The zero-order chi connectivity index (χ0) is 13.0.